The molecule has 1 aliphatic rings. The topological polar surface area (TPSA) is 60.4 Å². The number of rotatable bonds is 2. The first-order valence-electron chi connectivity index (χ1n) is 4.28. The van der Waals surface area contributed by atoms with E-state index in [9.17, 15) is 13.2 Å². The highest BCUT2D eigenvalue weighted by Gasteiger charge is 2.36. The smallest absolute Gasteiger partial charge is 0.338 e. The Kier molecular flexibility index (Phi) is 2.12. The van der Waals surface area contributed by atoms with Crippen LogP contribution in [0.15, 0.2) is 35.7 Å². The van der Waals surface area contributed by atoms with E-state index in [0.717, 1.165) is 0 Å². The molecule has 15 heavy (non-hydrogen) atoms. The number of carbonyl (C=O) groups excluding carboxylic acids is 1. The summed E-state index contributed by atoms with van der Waals surface area (Å²) in [6.07, 6.45) is 1.97. The molecule has 0 saturated carbocycles. The van der Waals surface area contributed by atoms with Crippen molar-refractivity contribution >= 4 is 16.1 Å². The van der Waals surface area contributed by atoms with E-state index >= 15 is 0 Å². The highest BCUT2D eigenvalue weighted by Crippen LogP contribution is 2.30. The number of fused-ring (bicyclic) bond motifs is 1. The fraction of sp³-hybridized carbons (Fsp3) is 0.100. The summed E-state index contributed by atoms with van der Waals surface area (Å²) < 4.78 is 27.3. The predicted octanol–water partition coefficient (Wildman–Crippen LogP) is 1.27. The molecule has 0 unspecified atom stereocenters. The third-order valence-corrected chi connectivity index (χ3v) is 3.47. The van der Waals surface area contributed by atoms with E-state index in [1.807, 2.05) is 0 Å². The van der Waals surface area contributed by atoms with Gasteiger partial charge in [0.15, 0.2) is 0 Å². The maximum atomic E-state index is 11.5. The number of hydrogen-bond acceptors (Lipinski definition) is 4. The first-order valence-corrected chi connectivity index (χ1v) is 5.68. The quantitative estimate of drug-likeness (QED) is 0.560. The van der Waals surface area contributed by atoms with Crippen LogP contribution in [-0.2, 0) is 20.7 Å². The Bertz CT molecular complexity index is 543. The third-order valence-electron chi connectivity index (χ3n) is 2.12. The summed E-state index contributed by atoms with van der Waals surface area (Å²) in [5.74, 6) is -0.809. The Labute approximate surface area is 87.3 Å². The highest BCUT2D eigenvalue weighted by molar-refractivity contribution is 7.87. The molecule has 0 radical (unpaired) electrons. The molecular formula is C10H8O4S. The van der Waals surface area contributed by atoms with Gasteiger partial charge < -0.3 is 4.18 Å². The van der Waals surface area contributed by atoms with E-state index in [4.69, 9.17) is 0 Å². The molecule has 0 spiro atoms. The van der Waals surface area contributed by atoms with Gasteiger partial charge in [-0.3, -0.25) is 0 Å². The second kappa shape index (κ2) is 3.20. The monoisotopic (exact) mass is 224 g/mol. The van der Waals surface area contributed by atoms with Crippen LogP contribution in [0.4, 0.5) is 0 Å². The van der Waals surface area contributed by atoms with Gasteiger partial charge in [0.05, 0.1) is 5.56 Å². The molecule has 1 aromatic rings. The molecule has 5 heteroatoms. The van der Waals surface area contributed by atoms with Crippen LogP contribution in [0, 0.1) is 0 Å². The lowest BCUT2D eigenvalue weighted by atomic mass is 10.1. The number of allylic oxidation sites excluding steroid dienone is 1. The molecule has 4 nitrogen and oxygen atoms in total. The molecule has 2 rings (SSSR count). The lowest BCUT2D eigenvalue weighted by molar-refractivity contribution is 0.0762. The fourth-order valence-electron chi connectivity index (χ4n) is 1.54. The van der Waals surface area contributed by atoms with Gasteiger partial charge in [0, 0.05) is 0 Å². The molecule has 0 N–H and O–H groups in total. The molecule has 78 valence electrons. The Hall–Kier alpha value is -1.62. The molecular weight excluding hydrogens is 216 g/mol. The minimum atomic E-state index is -3.90. The number of hydrogen-bond donors (Lipinski definition) is 0. The van der Waals surface area contributed by atoms with Crippen molar-refractivity contribution in [2.45, 2.75) is 11.3 Å². The van der Waals surface area contributed by atoms with Crippen LogP contribution >= 0.6 is 0 Å². The standard InChI is InChI=1S/C10H8O4S/c1-2-4-7-5-3-6-8-9(7)15(12,13)14-10(8)11/h2-3,5-6H,1,4H2. The zero-order valence-electron chi connectivity index (χ0n) is 7.76. The van der Waals surface area contributed by atoms with Gasteiger partial charge in [-0.1, -0.05) is 18.2 Å². The van der Waals surface area contributed by atoms with Crippen LogP contribution in [0.1, 0.15) is 15.9 Å². The fourth-order valence-corrected chi connectivity index (χ4v) is 2.81. The van der Waals surface area contributed by atoms with Crippen molar-refractivity contribution in [3.05, 3.63) is 42.0 Å². The molecule has 0 amide bonds. The van der Waals surface area contributed by atoms with Crippen molar-refractivity contribution in [1.82, 2.24) is 0 Å². The van der Waals surface area contributed by atoms with Crippen molar-refractivity contribution in [2.75, 3.05) is 0 Å². The Morgan fingerprint density at radius 1 is 1.40 bits per heavy atom. The first kappa shape index (κ1) is 9.92. The molecule has 0 atom stereocenters. The van der Waals surface area contributed by atoms with Crippen LogP contribution in [0.2, 0.25) is 0 Å². The van der Waals surface area contributed by atoms with Gasteiger partial charge in [0.25, 0.3) is 0 Å². The predicted molar refractivity (Wildman–Crippen MR) is 52.9 cm³/mol. The lowest BCUT2D eigenvalue weighted by Gasteiger charge is -2.01. The SMILES string of the molecule is C=CCc1cccc2c1S(=O)(=O)OC2=O. The Morgan fingerprint density at radius 2 is 2.13 bits per heavy atom. The largest absolute Gasteiger partial charge is 0.355 e. The van der Waals surface area contributed by atoms with Gasteiger partial charge in [-0.25, -0.2) is 4.79 Å². The van der Waals surface area contributed by atoms with E-state index in [0.29, 0.717) is 12.0 Å². The zero-order valence-corrected chi connectivity index (χ0v) is 8.58. The van der Waals surface area contributed by atoms with Gasteiger partial charge >= 0.3 is 16.1 Å². The molecule has 0 aromatic heterocycles. The van der Waals surface area contributed by atoms with Gasteiger partial charge in [0.2, 0.25) is 0 Å². The second-order valence-electron chi connectivity index (χ2n) is 3.11. The summed E-state index contributed by atoms with van der Waals surface area (Å²) in [4.78, 5) is 11.2. The number of benzene rings is 1. The summed E-state index contributed by atoms with van der Waals surface area (Å²) in [5, 5.41) is 0. The Balaban J connectivity index is 2.75. The summed E-state index contributed by atoms with van der Waals surface area (Å²) in [6, 6.07) is 4.70. The van der Waals surface area contributed by atoms with E-state index in [1.54, 1.807) is 18.2 Å². The Morgan fingerprint density at radius 3 is 2.80 bits per heavy atom. The second-order valence-corrected chi connectivity index (χ2v) is 4.59. The minimum absolute atomic E-state index is 0.0186. The third kappa shape index (κ3) is 1.45. The lowest BCUT2D eigenvalue weighted by Crippen LogP contribution is -2.01. The van der Waals surface area contributed by atoms with Crippen LogP contribution in [0.3, 0.4) is 0 Å². The summed E-state index contributed by atoms with van der Waals surface area (Å²) >= 11 is 0. The normalized spacial score (nSPS) is 16.9. The van der Waals surface area contributed by atoms with Crippen LogP contribution in [0.25, 0.3) is 0 Å². The average Bonchev–Trinajstić information content (AvgIpc) is 2.39. The molecule has 0 fully saturated rings. The van der Waals surface area contributed by atoms with E-state index in [-0.39, 0.29) is 10.5 Å². The van der Waals surface area contributed by atoms with Crippen molar-refractivity contribution in [2.24, 2.45) is 0 Å². The summed E-state index contributed by atoms with van der Waals surface area (Å²) in [6.45, 7) is 3.53. The van der Waals surface area contributed by atoms with Crippen LogP contribution in [-0.4, -0.2) is 14.4 Å². The average molecular weight is 224 g/mol. The molecule has 1 aliphatic heterocycles. The first-order chi connectivity index (χ1) is 7.06. The van der Waals surface area contributed by atoms with Crippen LogP contribution < -0.4 is 0 Å². The molecule has 0 bridgehead atoms. The van der Waals surface area contributed by atoms with Gasteiger partial charge in [-0.15, -0.1) is 6.58 Å². The maximum absolute atomic E-state index is 11.5. The maximum Gasteiger partial charge on any atom is 0.355 e. The van der Waals surface area contributed by atoms with E-state index in [1.165, 1.54) is 6.07 Å². The minimum Gasteiger partial charge on any atom is -0.338 e. The summed E-state index contributed by atoms with van der Waals surface area (Å²) in [5.41, 5.74) is 0.641. The van der Waals surface area contributed by atoms with Crippen LogP contribution in [0.5, 0.6) is 0 Å². The molecule has 1 heterocycles. The van der Waals surface area contributed by atoms with Crippen molar-refractivity contribution in [3.8, 4) is 0 Å². The zero-order chi connectivity index (χ0) is 11.1. The van der Waals surface area contributed by atoms with E-state index in [2.05, 4.69) is 10.8 Å². The molecule has 0 aliphatic carbocycles. The van der Waals surface area contributed by atoms with Gasteiger partial charge in [-0.2, -0.15) is 8.42 Å². The van der Waals surface area contributed by atoms with E-state index < -0.39 is 16.1 Å². The van der Waals surface area contributed by atoms with Gasteiger partial charge in [-0.05, 0) is 18.1 Å². The van der Waals surface area contributed by atoms with Crippen molar-refractivity contribution in [1.29, 1.82) is 0 Å². The van der Waals surface area contributed by atoms with Gasteiger partial charge in [0.1, 0.15) is 4.90 Å². The molecule has 1 aromatic carbocycles. The highest BCUT2D eigenvalue weighted by atomic mass is 32.2. The number of carbonyl (C=O) groups is 1. The molecule has 0 saturated heterocycles. The summed E-state index contributed by atoms with van der Waals surface area (Å²) in [7, 11) is -3.90. The van der Waals surface area contributed by atoms with Crippen molar-refractivity contribution < 1.29 is 17.4 Å². The van der Waals surface area contributed by atoms with Crippen molar-refractivity contribution in [3.63, 3.8) is 0 Å².